The molecule has 0 radical (unpaired) electrons. The molecule has 0 aliphatic carbocycles. The van der Waals surface area contributed by atoms with Crippen LogP contribution < -0.4 is 0 Å². The van der Waals surface area contributed by atoms with Crippen molar-refractivity contribution in [3.63, 3.8) is 0 Å². The number of ether oxygens (including phenoxy) is 2. The molecular weight excluding hydrogens is 116 g/mol. The fourth-order valence-electron chi connectivity index (χ4n) is 1.05. The second kappa shape index (κ2) is 2.27. The van der Waals surface area contributed by atoms with Gasteiger partial charge in [-0.2, -0.15) is 0 Å². The van der Waals surface area contributed by atoms with Crippen molar-refractivity contribution in [1.82, 2.24) is 0 Å². The van der Waals surface area contributed by atoms with E-state index in [1.54, 1.807) is 0 Å². The van der Waals surface area contributed by atoms with E-state index in [2.05, 4.69) is 6.92 Å². The van der Waals surface area contributed by atoms with Crippen LogP contribution in [0.15, 0.2) is 0 Å². The van der Waals surface area contributed by atoms with Crippen molar-refractivity contribution >= 4 is 0 Å². The Balaban J connectivity index is 2.41. The largest absolute Gasteiger partial charge is 0.350 e. The maximum absolute atomic E-state index is 5.45. The third kappa shape index (κ3) is 1.95. The number of hydrogen-bond donors (Lipinski definition) is 0. The molecule has 0 spiro atoms. The summed E-state index contributed by atoms with van der Waals surface area (Å²) in [4.78, 5) is 0. The van der Waals surface area contributed by atoms with Crippen LogP contribution in [0.4, 0.5) is 0 Å². The van der Waals surface area contributed by atoms with Gasteiger partial charge < -0.3 is 9.47 Å². The predicted molar refractivity (Wildman–Crippen MR) is 35.2 cm³/mol. The molecule has 1 aliphatic rings. The quantitative estimate of drug-likeness (QED) is 0.495. The highest BCUT2D eigenvalue weighted by Crippen LogP contribution is 2.20. The minimum atomic E-state index is -0.350. The number of hydrogen-bond acceptors (Lipinski definition) is 2. The highest BCUT2D eigenvalue weighted by atomic mass is 16.7. The maximum atomic E-state index is 5.45. The molecule has 2 nitrogen and oxygen atoms in total. The zero-order valence-electron chi connectivity index (χ0n) is 6.31. The standard InChI is InChI=1S/C7H14O2/c1-6-4-5-8-7(2,3)9-6/h6H,4-5H2,1-3H3/t6-/m1/s1. The fourth-order valence-corrected chi connectivity index (χ4v) is 1.05. The van der Waals surface area contributed by atoms with Gasteiger partial charge in [0.15, 0.2) is 5.79 Å². The molecule has 1 rings (SSSR count). The summed E-state index contributed by atoms with van der Waals surface area (Å²) in [6.45, 7) is 6.80. The zero-order chi connectivity index (χ0) is 6.91. The van der Waals surface area contributed by atoms with Crippen LogP contribution in [0, 0.1) is 0 Å². The maximum Gasteiger partial charge on any atom is 0.163 e. The molecule has 1 heterocycles. The molecule has 2 heteroatoms. The van der Waals surface area contributed by atoms with E-state index in [1.165, 1.54) is 0 Å². The van der Waals surface area contributed by atoms with Crippen LogP contribution in [0.5, 0.6) is 0 Å². The van der Waals surface area contributed by atoms with E-state index in [4.69, 9.17) is 9.47 Å². The average molecular weight is 130 g/mol. The van der Waals surface area contributed by atoms with Crippen LogP contribution in [-0.2, 0) is 9.47 Å². The average Bonchev–Trinajstić information content (AvgIpc) is 1.60. The van der Waals surface area contributed by atoms with Crippen molar-refractivity contribution < 1.29 is 9.47 Å². The highest BCUT2D eigenvalue weighted by molar-refractivity contribution is 4.64. The molecule has 0 aromatic rings. The van der Waals surface area contributed by atoms with Gasteiger partial charge in [0.05, 0.1) is 12.7 Å². The lowest BCUT2D eigenvalue weighted by Crippen LogP contribution is -2.38. The smallest absolute Gasteiger partial charge is 0.163 e. The molecule has 1 saturated heterocycles. The Morgan fingerprint density at radius 1 is 1.44 bits per heavy atom. The van der Waals surface area contributed by atoms with Crippen LogP contribution in [0.2, 0.25) is 0 Å². The summed E-state index contributed by atoms with van der Waals surface area (Å²) in [7, 11) is 0. The molecule has 0 N–H and O–H groups in total. The molecule has 0 saturated carbocycles. The van der Waals surface area contributed by atoms with Gasteiger partial charge in [0, 0.05) is 0 Å². The fraction of sp³-hybridized carbons (Fsp3) is 1.00. The minimum Gasteiger partial charge on any atom is -0.350 e. The first-order valence-corrected chi connectivity index (χ1v) is 3.42. The van der Waals surface area contributed by atoms with Gasteiger partial charge in [0.25, 0.3) is 0 Å². The molecule has 1 fully saturated rings. The van der Waals surface area contributed by atoms with Gasteiger partial charge in [0.2, 0.25) is 0 Å². The summed E-state index contributed by atoms with van der Waals surface area (Å²) in [6, 6.07) is 0. The van der Waals surface area contributed by atoms with Crippen molar-refractivity contribution in [2.24, 2.45) is 0 Å². The number of rotatable bonds is 0. The first-order valence-electron chi connectivity index (χ1n) is 3.42. The normalized spacial score (nSPS) is 34.3. The molecule has 0 aromatic carbocycles. The lowest BCUT2D eigenvalue weighted by molar-refractivity contribution is -0.268. The summed E-state index contributed by atoms with van der Waals surface area (Å²) < 4.78 is 10.8. The van der Waals surface area contributed by atoms with E-state index in [-0.39, 0.29) is 5.79 Å². The van der Waals surface area contributed by atoms with Gasteiger partial charge in [-0.1, -0.05) is 0 Å². The van der Waals surface area contributed by atoms with E-state index in [9.17, 15) is 0 Å². The van der Waals surface area contributed by atoms with E-state index >= 15 is 0 Å². The van der Waals surface area contributed by atoms with E-state index in [1.807, 2.05) is 13.8 Å². The van der Waals surface area contributed by atoms with Crippen LogP contribution >= 0.6 is 0 Å². The highest BCUT2D eigenvalue weighted by Gasteiger charge is 2.26. The molecule has 9 heavy (non-hydrogen) atoms. The van der Waals surface area contributed by atoms with Crippen LogP contribution in [-0.4, -0.2) is 18.5 Å². The van der Waals surface area contributed by atoms with Gasteiger partial charge in [-0.15, -0.1) is 0 Å². The van der Waals surface area contributed by atoms with Gasteiger partial charge in [0.1, 0.15) is 0 Å². The Morgan fingerprint density at radius 3 is 2.44 bits per heavy atom. The topological polar surface area (TPSA) is 18.5 Å². The SMILES string of the molecule is C[C@@H]1CCOC(C)(C)O1. The van der Waals surface area contributed by atoms with Gasteiger partial charge in [-0.3, -0.25) is 0 Å². The molecule has 1 atom stereocenters. The van der Waals surface area contributed by atoms with Crippen molar-refractivity contribution in [3.05, 3.63) is 0 Å². The summed E-state index contributed by atoms with van der Waals surface area (Å²) in [5, 5.41) is 0. The molecule has 0 amide bonds. The van der Waals surface area contributed by atoms with Gasteiger partial charge in [-0.05, 0) is 27.2 Å². The van der Waals surface area contributed by atoms with Gasteiger partial charge >= 0.3 is 0 Å². The van der Waals surface area contributed by atoms with E-state index in [0.717, 1.165) is 13.0 Å². The second-order valence-electron chi connectivity index (χ2n) is 2.97. The Hall–Kier alpha value is -0.0800. The predicted octanol–water partition coefficient (Wildman–Crippen LogP) is 1.55. The molecule has 1 aliphatic heterocycles. The molecule has 0 bridgehead atoms. The summed E-state index contributed by atoms with van der Waals surface area (Å²) >= 11 is 0. The van der Waals surface area contributed by atoms with Crippen LogP contribution in [0.1, 0.15) is 27.2 Å². The Labute approximate surface area is 56.2 Å². The van der Waals surface area contributed by atoms with Crippen LogP contribution in [0.3, 0.4) is 0 Å². The lowest BCUT2D eigenvalue weighted by Gasteiger charge is -2.34. The summed E-state index contributed by atoms with van der Waals surface area (Å²) in [6.07, 6.45) is 1.37. The van der Waals surface area contributed by atoms with Gasteiger partial charge in [-0.25, -0.2) is 0 Å². The van der Waals surface area contributed by atoms with Crippen molar-refractivity contribution in [2.45, 2.75) is 39.1 Å². The van der Waals surface area contributed by atoms with Crippen molar-refractivity contribution in [2.75, 3.05) is 6.61 Å². The third-order valence-corrected chi connectivity index (χ3v) is 1.46. The van der Waals surface area contributed by atoms with E-state index in [0.29, 0.717) is 6.10 Å². The Morgan fingerprint density at radius 2 is 2.11 bits per heavy atom. The molecule has 0 aromatic heterocycles. The zero-order valence-corrected chi connectivity index (χ0v) is 6.31. The first-order chi connectivity index (χ1) is 4.10. The summed E-state index contributed by atoms with van der Waals surface area (Å²) in [5.74, 6) is -0.350. The molecule has 0 unspecified atom stereocenters. The molecule has 54 valence electrons. The minimum absolute atomic E-state index is 0.350. The van der Waals surface area contributed by atoms with Crippen LogP contribution in [0.25, 0.3) is 0 Å². The Kier molecular flexibility index (Phi) is 1.78. The lowest BCUT2D eigenvalue weighted by atomic mass is 10.2. The first kappa shape index (κ1) is 7.03. The van der Waals surface area contributed by atoms with Crippen molar-refractivity contribution in [3.8, 4) is 0 Å². The van der Waals surface area contributed by atoms with E-state index < -0.39 is 0 Å². The summed E-state index contributed by atoms with van der Waals surface area (Å²) in [5.41, 5.74) is 0. The van der Waals surface area contributed by atoms with Crippen molar-refractivity contribution in [1.29, 1.82) is 0 Å². The second-order valence-corrected chi connectivity index (χ2v) is 2.97. The Bertz CT molecular complexity index is 99.1. The molecular formula is C7H14O2. The third-order valence-electron chi connectivity index (χ3n) is 1.46. The monoisotopic (exact) mass is 130 g/mol.